The number of aryl methyl sites for hydroxylation is 1. The fourth-order valence-electron chi connectivity index (χ4n) is 2.63. The topological polar surface area (TPSA) is 41.1 Å². The summed E-state index contributed by atoms with van der Waals surface area (Å²) in [4.78, 5) is 12.4. The van der Waals surface area contributed by atoms with E-state index in [0.717, 1.165) is 24.2 Å². The number of hydrogen-bond acceptors (Lipinski definition) is 2. The molecule has 3 nitrogen and oxygen atoms in total. The molecule has 0 spiro atoms. The van der Waals surface area contributed by atoms with Gasteiger partial charge in [0.25, 0.3) is 0 Å². The van der Waals surface area contributed by atoms with Crippen molar-refractivity contribution in [3.05, 3.63) is 62.7 Å². The third-order valence-electron chi connectivity index (χ3n) is 3.84. The van der Waals surface area contributed by atoms with Gasteiger partial charge in [-0.25, -0.2) is 0 Å². The lowest BCUT2D eigenvalue weighted by atomic mass is 9.95. The number of halogens is 1. The van der Waals surface area contributed by atoms with Crippen molar-refractivity contribution in [2.45, 2.75) is 25.9 Å². The molecule has 0 saturated carbocycles. The van der Waals surface area contributed by atoms with Crippen molar-refractivity contribution in [3.63, 3.8) is 0 Å². The van der Waals surface area contributed by atoms with Gasteiger partial charge in [0, 0.05) is 15.8 Å². The Kier molecular flexibility index (Phi) is 4.26. The number of benzene rings is 2. The monoisotopic (exact) mass is 392 g/mol. The molecule has 21 heavy (non-hydrogen) atoms. The fourth-order valence-corrected chi connectivity index (χ4v) is 3.27. The van der Waals surface area contributed by atoms with Gasteiger partial charge in [0.1, 0.15) is 0 Å². The number of fused-ring (bicyclic) bond motifs is 1. The highest BCUT2D eigenvalue weighted by molar-refractivity contribution is 14.1. The molecule has 2 aromatic rings. The molecule has 0 unspecified atom stereocenters. The average Bonchev–Trinajstić information content (AvgIpc) is 2.49. The highest BCUT2D eigenvalue weighted by Crippen LogP contribution is 2.20. The average molecular weight is 392 g/mol. The highest BCUT2D eigenvalue weighted by Gasteiger charge is 2.24. The minimum atomic E-state index is -0.168. The van der Waals surface area contributed by atoms with E-state index in [1.165, 1.54) is 14.7 Å². The molecule has 1 aliphatic heterocycles. The van der Waals surface area contributed by atoms with E-state index in [0.29, 0.717) is 0 Å². The number of hydrogen-bond donors (Lipinski definition) is 2. The molecule has 0 radical (unpaired) electrons. The summed E-state index contributed by atoms with van der Waals surface area (Å²) in [6.45, 7) is 2.77. The van der Waals surface area contributed by atoms with E-state index in [1.54, 1.807) is 0 Å². The maximum Gasteiger partial charge on any atom is 0.241 e. The van der Waals surface area contributed by atoms with Crippen LogP contribution in [0.4, 0.5) is 5.69 Å². The van der Waals surface area contributed by atoms with Gasteiger partial charge in [0.2, 0.25) is 5.91 Å². The van der Waals surface area contributed by atoms with E-state index >= 15 is 0 Å². The van der Waals surface area contributed by atoms with Crippen LogP contribution in [0.15, 0.2) is 42.5 Å². The summed E-state index contributed by atoms with van der Waals surface area (Å²) >= 11 is 2.27. The second-order valence-electron chi connectivity index (χ2n) is 5.35. The Morgan fingerprint density at radius 2 is 2.00 bits per heavy atom. The third-order valence-corrected chi connectivity index (χ3v) is 4.52. The van der Waals surface area contributed by atoms with Crippen molar-refractivity contribution in [1.29, 1.82) is 0 Å². The number of anilines is 1. The highest BCUT2D eigenvalue weighted by atomic mass is 127. The Labute approximate surface area is 138 Å². The Bertz CT molecular complexity index is 684. The van der Waals surface area contributed by atoms with Crippen LogP contribution in [0.5, 0.6) is 0 Å². The lowest BCUT2D eigenvalue weighted by Crippen LogP contribution is -2.44. The van der Waals surface area contributed by atoms with Crippen LogP contribution in [0.3, 0.4) is 0 Å². The van der Waals surface area contributed by atoms with Gasteiger partial charge in [0.05, 0.1) is 6.04 Å². The first-order valence-electron chi connectivity index (χ1n) is 7.00. The van der Waals surface area contributed by atoms with E-state index < -0.39 is 0 Å². The summed E-state index contributed by atoms with van der Waals surface area (Å²) < 4.78 is 1.17. The van der Waals surface area contributed by atoms with Gasteiger partial charge in [-0.05, 0) is 70.8 Å². The van der Waals surface area contributed by atoms with Crippen LogP contribution in [-0.4, -0.2) is 11.9 Å². The molecule has 2 N–H and O–H groups in total. The minimum absolute atomic E-state index is 0.0359. The van der Waals surface area contributed by atoms with Crippen molar-refractivity contribution >= 4 is 34.2 Å². The molecule has 1 heterocycles. The van der Waals surface area contributed by atoms with Gasteiger partial charge in [-0.3, -0.25) is 4.79 Å². The number of amides is 1. The largest absolute Gasteiger partial charge is 0.324 e. The summed E-state index contributed by atoms with van der Waals surface area (Å²) in [5.41, 5.74) is 4.52. The van der Waals surface area contributed by atoms with Crippen molar-refractivity contribution in [3.8, 4) is 0 Å². The zero-order valence-corrected chi connectivity index (χ0v) is 14.0. The van der Waals surface area contributed by atoms with Crippen LogP contribution < -0.4 is 10.6 Å². The van der Waals surface area contributed by atoms with E-state index in [9.17, 15) is 4.79 Å². The lowest BCUT2D eigenvalue weighted by molar-refractivity contribution is -0.118. The van der Waals surface area contributed by atoms with Gasteiger partial charge < -0.3 is 10.6 Å². The first-order valence-corrected chi connectivity index (χ1v) is 8.08. The number of carbonyl (C=O) groups excluding carboxylic acids is 1. The van der Waals surface area contributed by atoms with Crippen LogP contribution in [-0.2, 0) is 17.8 Å². The zero-order valence-electron chi connectivity index (χ0n) is 11.8. The lowest BCUT2D eigenvalue weighted by Gasteiger charge is -2.25. The quantitative estimate of drug-likeness (QED) is 0.771. The molecule has 4 heteroatoms. The molecule has 0 fully saturated rings. The SMILES string of the molecule is Cc1cc(I)ccc1NC(=O)[C@@H]1Cc2ccccc2CN1. The van der Waals surface area contributed by atoms with Gasteiger partial charge in [-0.1, -0.05) is 24.3 Å². The minimum Gasteiger partial charge on any atom is -0.324 e. The number of carbonyl (C=O) groups is 1. The molecule has 0 bridgehead atoms. The Morgan fingerprint density at radius 1 is 1.24 bits per heavy atom. The second kappa shape index (κ2) is 6.15. The van der Waals surface area contributed by atoms with E-state index in [1.807, 2.05) is 31.2 Å². The molecule has 1 atom stereocenters. The summed E-state index contributed by atoms with van der Waals surface area (Å²) in [7, 11) is 0. The Morgan fingerprint density at radius 3 is 2.76 bits per heavy atom. The molecule has 108 valence electrons. The summed E-state index contributed by atoms with van der Waals surface area (Å²) in [6.07, 6.45) is 0.741. The second-order valence-corrected chi connectivity index (χ2v) is 6.60. The van der Waals surface area contributed by atoms with E-state index in [-0.39, 0.29) is 11.9 Å². The summed E-state index contributed by atoms with van der Waals surface area (Å²) in [5.74, 6) is 0.0359. The first-order chi connectivity index (χ1) is 10.1. The smallest absolute Gasteiger partial charge is 0.241 e. The van der Waals surface area contributed by atoms with Gasteiger partial charge in [0.15, 0.2) is 0 Å². The number of rotatable bonds is 2. The normalized spacial score (nSPS) is 17.1. The molecular formula is C17H17IN2O. The van der Waals surface area contributed by atoms with Crippen molar-refractivity contribution < 1.29 is 4.79 Å². The molecule has 0 saturated heterocycles. The van der Waals surface area contributed by atoms with Gasteiger partial charge in [-0.2, -0.15) is 0 Å². The van der Waals surface area contributed by atoms with Crippen molar-refractivity contribution in [2.75, 3.05) is 5.32 Å². The van der Waals surface area contributed by atoms with Crippen molar-refractivity contribution in [2.24, 2.45) is 0 Å². The standard InChI is InChI=1S/C17H17IN2O/c1-11-8-14(18)6-7-15(11)20-17(21)16-9-12-4-2-3-5-13(12)10-19-16/h2-8,16,19H,9-10H2,1H3,(H,20,21)/t16-/m0/s1. The third kappa shape index (κ3) is 3.27. The first kappa shape index (κ1) is 14.5. The van der Waals surface area contributed by atoms with Crippen LogP contribution in [0.1, 0.15) is 16.7 Å². The summed E-state index contributed by atoms with van der Waals surface area (Å²) in [5, 5.41) is 6.35. The maximum atomic E-state index is 12.4. The van der Waals surface area contributed by atoms with Gasteiger partial charge in [-0.15, -0.1) is 0 Å². The van der Waals surface area contributed by atoms with Crippen LogP contribution in [0, 0.1) is 10.5 Å². The molecule has 0 aliphatic carbocycles. The number of nitrogens with one attached hydrogen (secondary N) is 2. The molecule has 2 aromatic carbocycles. The van der Waals surface area contributed by atoms with Crippen LogP contribution >= 0.6 is 22.6 Å². The predicted molar refractivity (Wildman–Crippen MR) is 93.3 cm³/mol. The maximum absolute atomic E-state index is 12.4. The molecule has 1 amide bonds. The van der Waals surface area contributed by atoms with Gasteiger partial charge >= 0.3 is 0 Å². The summed E-state index contributed by atoms with van der Waals surface area (Å²) in [6, 6.07) is 14.2. The van der Waals surface area contributed by atoms with E-state index in [4.69, 9.17) is 0 Å². The van der Waals surface area contributed by atoms with Crippen LogP contribution in [0.2, 0.25) is 0 Å². The molecule has 3 rings (SSSR count). The van der Waals surface area contributed by atoms with Crippen LogP contribution in [0.25, 0.3) is 0 Å². The molecule has 0 aromatic heterocycles. The molecular weight excluding hydrogens is 375 g/mol. The molecule has 1 aliphatic rings. The fraction of sp³-hybridized carbons (Fsp3) is 0.235. The predicted octanol–water partition coefficient (Wildman–Crippen LogP) is 3.25. The van der Waals surface area contributed by atoms with E-state index in [2.05, 4.69) is 51.4 Å². The van der Waals surface area contributed by atoms with Crippen molar-refractivity contribution in [1.82, 2.24) is 5.32 Å². The Balaban J connectivity index is 1.72. The Hall–Kier alpha value is -1.40. The zero-order chi connectivity index (χ0) is 14.8.